The molecule has 72 valence electrons. The lowest BCUT2D eigenvalue weighted by Crippen LogP contribution is -2.40. The topological polar surface area (TPSA) is 55.6 Å². The molecule has 1 amide bonds. The zero-order valence-electron chi connectivity index (χ0n) is 8.04. The molecule has 4 heteroatoms. The Morgan fingerprint density at radius 2 is 2.25 bits per heavy atom. The van der Waals surface area contributed by atoms with Gasteiger partial charge in [0.15, 0.2) is 0 Å². The highest BCUT2D eigenvalue weighted by molar-refractivity contribution is 5.80. The van der Waals surface area contributed by atoms with E-state index in [1.807, 2.05) is 0 Å². The van der Waals surface area contributed by atoms with E-state index in [1.165, 1.54) is 0 Å². The Kier molecular flexibility index (Phi) is 5.66. The summed E-state index contributed by atoms with van der Waals surface area (Å²) >= 11 is 0. The van der Waals surface area contributed by atoms with Gasteiger partial charge in [0.1, 0.15) is 0 Å². The Labute approximate surface area is 73.7 Å². The molecule has 0 rings (SSSR count). The SMILES string of the molecule is COCCCN(C)C(=O)[C@@H](C)N. The number of hydrogen-bond donors (Lipinski definition) is 1. The van der Waals surface area contributed by atoms with E-state index in [2.05, 4.69) is 0 Å². The number of amides is 1. The van der Waals surface area contributed by atoms with Gasteiger partial charge in [0.05, 0.1) is 6.04 Å². The summed E-state index contributed by atoms with van der Waals surface area (Å²) in [6.07, 6.45) is 0.853. The number of hydrogen-bond acceptors (Lipinski definition) is 3. The van der Waals surface area contributed by atoms with E-state index < -0.39 is 6.04 Å². The van der Waals surface area contributed by atoms with E-state index in [0.717, 1.165) is 6.42 Å². The minimum Gasteiger partial charge on any atom is -0.385 e. The lowest BCUT2D eigenvalue weighted by molar-refractivity contribution is -0.131. The molecule has 2 N–H and O–H groups in total. The van der Waals surface area contributed by atoms with Crippen LogP contribution in [0.25, 0.3) is 0 Å². The van der Waals surface area contributed by atoms with Gasteiger partial charge in [0.2, 0.25) is 5.91 Å². The molecule has 12 heavy (non-hydrogen) atoms. The van der Waals surface area contributed by atoms with Crippen LogP contribution >= 0.6 is 0 Å². The predicted octanol–water partition coefficient (Wildman–Crippen LogP) is -0.171. The van der Waals surface area contributed by atoms with Gasteiger partial charge in [0, 0.05) is 27.3 Å². The number of nitrogens with zero attached hydrogens (tertiary/aromatic N) is 1. The molecule has 0 aromatic carbocycles. The third kappa shape index (κ3) is 4.31. The Hall–Kier alpha value is -0.610. The number of carbonyl (C=O) groups is 1. The van der Waals surface area contributed by atoms with Crippen LogP contribution < -0.4 is 5.73 Å². The summed E-state index contributed by atoms with van der Waals surface area (Å²) < 4.78 is 4.86. The molecule has 0 radical (unpaired) electrons. The fraction of sp³-hybridized carbons (Fsp3) is 0.875. The first kappa shape index (κ1) is 11.4. The van der Waals surface area contributed by atoms with Crippen LogP contribution in [0.3, 0.4) is 0 Å². The van der Waals surface area contributed by atoms with E-state index in [0.29, 0.717) is 13.2 Å². The quantitative estimate of drug-likeness (QED) is 0.589. The van der Waals surface area contributed by atoms with Crippen LogP contribution in [0.1, 0.15) is 13.3 Å². The normalized spacial score (nSPS) is 12.7. The van der Waals surface area contributed by atoms with E-state index in [1.54, 1.807) is 26.0 Å². The van der Waals surface area contributed by atoms with Crippen molar-refractivity contribution >= 4 is 5.91 Å². The van der Waals surface area contributed by atoms with Crippen LogP contribution in [0.2, 0.25) is 0 Å². The van der Waals surface area contributed by atoms with Crippen LogP contribution in [0.5, 0.6) is 0 Å². The van der Waals surface area contributed by atoms with Gasteiger partial charge >= 0.3 is 0 Å². The van der Waals surface area contributed by atoms with Crippen LogP contribution in [-0.2, 0) is 9.53 Å². The summed E-state index contributed by atoms with van der Waals surface area (Å²) in [7, 11) is 3.40. The highest BCUT2D eigenvalue weighted by atomic mass is 16.5. The molecule has 0 aliphatic carbocycles. The average molecular weight is 174 g/mol. The summed E-state index contributed by atoms with van der Waals surface area (Å²) in [5.74, 6) is -0.0221. The van der Waals surface area contributed by atoms with Crippen molar-refractivity contribution in [3.05, 3.63) is 0 Å². The molecule has 0 saturated heterocycles. The summed E-state index contributed by atoms with van der Waals surface area (Å²) in [6, 6.07) is -0.405. The molecule has 4 nitrogen and oxygen atoms in total. The van der Waals surface area contributed by atoms with E-state index >= 15 is 0 Å². The number of likely N-dealkylation sites (N-methyl/N-ethyl adjacent to an activating group) is 1. The first-order valence-corrected chi connectivity index (χ1v) is 4.09. The fourth-order valence-electron chi connectivity index (χ4n) is 0.904. The van der Waals surface area contributed by atoms with Crippen molar-refractivity contribution in [2.24, 2.45) is 5.73 Å². The molecule has 0 aliphatic rings. The molecule has 0 aromatic heterocycles. The molecule has 0 aliphatic heterocycles. The van der Waals surface area contributed by atoms with Gasteiger partial charge in [-0.2, -0.15) is 0 Å². The maximum atomic E-state index is 11.2. The molecule has 0 saturated carbocycles. The van der Waals surface area contributed by atoms with E-state index in [9.17, 15) is 4.79 Å². The van der Waals surface area contributed by atoms with Crippen molar-refractivity contribution in [2.45, 2.75) is 19.4 Å². The number of nitrogens with two attached hydrogens (primary N) is 1. The maximum Gasteiger partial charge on any atom is 0.238 e. The number of methoxy groups -OCH3 is 1. The minimum atomic E-state index is -0.405. The van der Waals surface area contributed by atoms with Crippen LogP contribution in [0, 0.1) is 0 Å². The first-order chi connectivity index (χ1) is 5.59. The summed E-state index contributed by atoms with van der Waals surface area (Å²) in [5, 5.41) is 0. The monoisotopic (exact) mass is 174 g/mol. The largest absolute Gasteiger partial charge is 0.385 e. The van der Waals surface area contributed by atoms with Crippen molar-refractivity contribution in [1.82, 2.24) is 4.90 Å². The predicted molar refractivity (Wildman–Crippen MR) is 47.8 cm³/mol. The summed E-state index contributed by atoms with van der Waals surface area (Å²) in [6.45, 7) is 3.07. The van der Waals surface area contributed by atoms with Gasteiger partial charge in [0.25, 0.3) is 0 Å². The Balaban J connectivity index is 3.57. The lowest BCUT2D eigenvalue weighted by Gasteiger charge is -2.18. The third-order valence-corrected chi connectivity index (χ3v) is 1.61. The Morgan fingerprint density at radius 1 is 1.67 bits per heavy atom. The maximum absolute atomic E-state index is 11.2. The van der Waals surface area contributed by atoms with Crippen LogP contribution in [0.4, 0.5) is 0 Å². The van der Waals surface area contributed by atoms with Crippen molar-refractivity contribution in [3.63, 3.8) is 0 Å². The molecule has 0 bridgehead atoms. The smallest absolute Gasteiger partial charge is 0.238 e. The van der Waals surface area contributed by atoms with E-state index in [-0.39, 0.29) is 5.91 Å². The van der Waals surface area contributed by atoms with Crippen LogP contribution in [0.15, 0.2) is 0 Å². The number of rotatable bonds is 5. The van der Waals surface area contributed by atoms with Crippen molar-refractivity contribution in [1.29, 1.82) is 0 Å². The van der Waals surface area contributed by atoms with Crippen molar-refractivity contribution < 1.29 is 9.53 Å². The van der Waals surface area contributed by atoms with Crippen LogP contribution in [-0.4, -0.2) is 44.2 Å². The van der Waals surface area contributed by atoms with Gasteiger partial charge in [-0.1, -0.05) is 0 Å². The molecule has 1 atom stereocenters. The fourth-order valence-corrected chi connectivity index (χ4v) is 0.904. The second kappa shape index (κ2) is 5.97. The molecule has 0 fully saturated rings. The standard InChI is InChI=1S/C8H18N2O2/c1-7(9)8(11)10(2)5-4-6-12-3/h7H,4-6,9H2,1-3H3/t7-/m1/s1. The molecule has 0 unspecified atom stereocenters. The second-order valence-corrected chi connectivity index (χ2v) is 2.89. The average Bonchev–Trinajstić information content (AvgIpc) is 2.03. The highest BCUT2D eigenvalue weighted by Crippen LogP contribution is 1.91. The van der Waals surface area contributed by atoms with E-state index in [4.69, 9.17) is 10.5 Å². The number of ether oxygens (including phenoxy) is 1. The van der Waals surface area contributed by atoms with Gasteiger partial charge in [-0.15, -0.1) is 0 Å². The summed E-state index contributed by atoms with van der Waals surface area (Å²) in [4.78, 5) is 12.8. The second-order valence-electron chi connectivity index (χ2n) is 2.89. The Bertz CT molecular complexity index is 137. The molecule has 0 heterocycles. The zero-order chi connectivity index (χ0) is 9.56. The number of carbonyl (C=O) groups excluding carboxylic acids is 1. The Morgan fingerprint density at radius 3 is 2.67 bits per heavy atom. The lowest BCUT2D eigenvalue weighted by atomic mass is 10.3. The zero-order valence-corrected chi connectivity index (χ0v) is 8.04. The van der Waals surface area contributed by atoms with Gasteiger partial charge < -0.3 is 15.4 Å². The minimum absolute atomic E-state index is 0.0221. The first-order valence-electron chi connectivity index (χ1n) is 4.09. The van der Waals surface area contributed by atoms with Gasteiger partial charge in [-0.3, -0.25) is 4.79 Å². The van der Waals surface area contributed by atoms with Crippen molar-refractivity contribution in [3.8, 4) is 0 Å². The molecule has 0 spiro atoms. The molecular weight excluding hydrogens is 156 g/mol. The van der Waals surface area contributed by atoms with Gasteiger partial charge in [-0.05, 0) is 13.3 Å². The highest BCUT2D eigenvalue weighted by Gasteiger charge is 2.11. The molecular formula is C8H18N2O2. The third-order valence-electron chi connectivity index (χ3n) is 1.61. The van der Waals surface area contributed by atoms with Gasteiger partial charge in [-0.25, -0.2) is 0 Å². The molecule has 0 aromatic rings. The van der Waals surface area contributed by atoms with Crippen molar-refractivity contribution in [2.75, 3.05) is 27.3 Å². The summed E-state index contributed by atoms with van der Waals surface area (Å²) in [5.41, 5.74) is 5.42.